The molecule has 0 heterocycles. The molecule has 1 N–H and O–H groups in total. The van der Waals surface area contributed by atoms with Crippen LogP contribution in [0.5, 0.6) is 0 Å². The van der Waals surface area contributed by atoms with Crippen LogP contribution in [0.3, 0.4) is 0 Å². The Morgan fingerprint density at radius 3 is 2.00 bits per heavy atom. The van der Waals surface area contributed by atoms with E-state index in [2.05, 4.69) is 33.0 Å². The van der Waals surface area contributed by atoms with Crippen molar-refractivity contribution in [3.05, 3.63) is 0 Å². The van der Waals surface area contributed by atoms with Gasteiger partial charge < -0.3 is 5.32 Å². The molecule has 1 heteroatoms. The van der Waals surface area contributed by atoms with Gasteiger partial charge in [-0.3, -0.25) is 0 Å². The molecule has 0 aromatic rings. The molecule has 0 saturated carbocycles. The van der Waals surface area contributed by atoms with E-state index in [1.165, 1.54) is 12.8 Å². The zero-order valence-corrected chi connectivity index (χ0v) is 7.78. The molecule has 0 saturated heterocycles. The summed E-state index contributed by atoms with van der Waals surface area (Å²) >= 11 is 0. The van der Waals surface area contributed by atoms with E-state index in [1.807, 2.05) is 0 Å². The van der Waals surface area contributed by atoms with Crippen LogP contribution in [0.2, 0.25) is 0 Å². The molecule has 0 aliphatic carbocycles. The standard InChI is InChI=1S/C9H21N/c1-5-8(4)9(6-2)10-7-3/h8-10H,5-7H2,1-4H3. The molecule has 0 aromatic carbocycles. The first-order valence-corrected chi connectivity index (χ1v) is 4.49. The number of hydrogen-bond donors (Lipinski definition) is 1. The zero-order valence-electron chi connectivity index (χ0n) is 7.78. The Morgan fingerprint density at radius 2 is 1.70 bits per heavy atom. The van der Waals surface area contributed by atoms with Crippen LogP contribution in [0.25, 0.3) is 0 Å². The fourth-order valence-corrected chi connectivity index (χ4v) is 1.29. The first-order valence-electron chi connectivity index (χ1n) is 4.49. The maximum Gasteiger partial charge on any atom is 0.00898 e. The zero-order chi connectivity index (χ0) is 7.98. The minimum absolute atomic E-state index is 0.731. The van der Waals surface area contributed by atoms with Gasteiger partial charge in [-0.1, -0.05) is 34.1 Å². The first-order chi connectivity index (χ1) is 4.76. The summed E-state index contributed by atoms with van der Waals surface area (Å²) < 4.78 is 0. The smallest absolute Gasteiger partial charge is 0.00898 e. The minimum Gasteiger partial charge on any atom is -0.314 e. The Labute approximate surface area is 65.2 Å². The third-order valence-electron chi connectivity index (χ3n) is 2.24. The number of rotatable bonds is 5. The van der Waals surface area contributed by atoms with Crippen molar-refractivity contribution < 1.29 is 0 Å². The van der Waals surface area contributed by atoms with Gasteiger partial charge in [-0.05, 0) is 18.9 Å². The first kappa shape index (κ1) is 9.96. The van der Waals surface area contributed by atoms with E-state index in [1.54, 1.807) is 0 Å². The Bertz CT molecular complexity index is 71.1. The second kappa shape index (κ2) is 5.72. The van der Waals surface area contributed by atoms with Crippen LogP contribution in [0.1, 0.15) is 40.5 Å². The fraction of sp³-hybridized carbons (Fsp3) is 1.00. The average molecular weight is 143 g/mol. The van der Waals surface area contributed by atoms with Crippen molar-refractivity contribution in [1.82, 2.24) is 5.32 Å². The predicted octanol–water partition coefficient (Wildman–Crippen LogP) is 2.42. The molecule has 0 bridgehead atoms. The monoisotopic (exact) mass is 143 g/mol. The van der Waals surface area contributed by atoms with Crippen LogP contribution >= 0.6 is 0 Å². The van der Waals surface area contributed by atoms with Crippen molar-refractivity contribution >= 4 is 0 Å². The van der Waals surface area contributed by atoms with E-state index in [0.29, 0.717) is 0 Å². The summed E-state index contributed by atoms with van der Waals surface area (Å²) in [6.07, 6.45) is 2.54. The van der Waals surface area contributed by atoms with Gasteiger partial charge in [-0.15, -0.1) is 0 Å². The summed E-state index contributed by atoms with van der Waals surface area (Å²) in [4.78, 5) is 0. The molecule has 0 rings (SSSR count). The van der Waals surface area contributed by atoms with Crippen LogP contribution in [0, 0.1) is 5.92 Å². The van der Waals surface area contributed by atoms with E-state index in [9.17, 15) is 0 Å². The Balaban J connectivity index is 3.56. The maximum atomic E-state index is 3.48. The highest BCUT2D eigenvalue weighted by molar-refractivity contribution is 4.69. The summed E-state index contributed by atoms with van der Waals surface area (Å²) in [5.41, 5.74) is 0. The van der Waals surface area contributed by atoms with Crippen molar-refractivity contribution in [1.29, 1.82) is 0 Å². The lowest BCUT2D eigenvalue weighted by Gasteiger charge is -2.21. The molecule has 0 aromatic heterocycles. The van der Waals surface area contributed by atoms with Crippen LogP contribution in [-0.2, 0) is 0 Å². The summed E-state index contributed by atoms with van der Waals surface area (Å²) in [5.74, 6) is 0.824. The summed E-state index contributed by atoms with van der Waals surface area (Å²) in [6.45, 7) is 10.1. The normalized spacial score (nSPS) is 16.8. The van der Waals surface area contributed by atoms with Crippen molar-refractivity contribution in [2.45, 2.75) is 46.6 Å². The van der Waals surface area contributed by atoms with E-state index in [-0.39, 0.29) is 0 Å². The summed E-state index contributed by atoms with van der Waals surface area (Å²) in [7, 11) is 0. The maximum absolute atomic E-state index is 3.48. The third kappa shape index (κ3) is 3.21. The molecule has 0 spiro atoms. The van der Waals surface area contributed by atoms with Gasteiger partial charge in [0.15, 0.2) is 0 Å². The van der Waals surface area contributed by atoms with Crippen molar-refractivity contribution in [3.63, 3.8) is 0 Å². The van der Waals surface area contributed by atoms with Gasteiger partial charge in [0.2, 0.25) is 0 Å². The van der Waals surface area contributed by atoms with E-state index in [0.717, 1.165) is 18.5 Å². The quantitative estimate of drug-likeness (QED) is 0.623. The molecule has 0 amide bonds. The molecule has 2 unspecified atom stereocenters. The van der Waals surface area contributed by atoms with Crippen molar-refractivity contribution in [2.24, 2.45) is 5.92 Å². The van der Waals surface area contributed by atoms with Gasteiger partial charge in [0.05, 0.1) is 0 Å². The van der Waals surface area contributed by atoms with Gasteiger partial charge in [-0.2, -0.15) is 0 Å². The van der Waals surface area contributed by atoms with Gasteiger partial charge in [0, 0.05) is 6.04 Å². The van der Waals surface area contributed by atoms with Gasteiger partial charge >= 0.3 is 0 Å². The highest BCUT2D eigenvalue weighted by atomic mass is 14.9. The van der Waals surface area contributed by atoms with Gasteiger partial charge in [0.1, 0.15) is 0 Å². The van der Waals surface area contributed by atoms with Crippen LogP contribution in [0.4, 0.5) is 0 Å². The molecule has 0 radical (unpaired) electrons. The Morgan fingerprint density at radius 1 is 1.10 bits per heavy atom. The number of hydrogen-bond acceptors (Lipinski definition) is 1. The highest BCUT2D eigenvalue weighted by Gasteiger charge is 2.10. The molecule has 1 nitrogen and oxygen atoms in total. The molecular weight excluding hydrogens is 122 g/mol. The lowest BCUT2D eigenvalue weighted by Crippen LogP contribution is -2.33. The van der Waals surface area contributed by atoms with Gasteiger partial charge in [0.25, 0.3) is 0 Å². The molecule has 10 heavy (non-hydrogen) atoms. The van der Waals surface area contributed by atoms with Crippen molar-refractivity contribution in [3.8, 4) is 0 Å². The van der Waals surface area contributed by atoms with E-state index in [4.69, 9.17) is 0 Å². The van der Waals surface area contributed by atoms with Crippen molar-refractivity contribution in [2.75, 3.05) is 6.54 Å². The lowest BCUT2D eigenvalue weighted by molar-refractivity contribution is 0.364. The molecular formula is C9H21N. The largest absolute Gasteiger partial charge is 0.314 e. The molecule has 0 aliphatic rings. The molecule has 2 atom stereocenters. The highest BCUT2D eigenvalue weighted by Crippen LogP contribution is 2.09. The summed E-state index contributed by atoms with van der Waals surface area (Å²) in [5, 5.41) is 3.48. The SMILES string of the molecule is CCNC(CC)C(C)CC. The number of nitrogens with one attached hydrogen (secondary N) is 1. The van der Waals surface area contributed by atoms with Crippen LogP contribution in [0.15, 0.2) is 0 Å². The predicted molar refractivity (Wildman–Crippen MR) is 47.2 cm³/mol. The minimum atomic E-state index is 0.731. The summed E-state index contributed by atoms with van der Waals surface area (Å²) in [6, 6.07) is 0.731. The average Bonchev–Trinajstić information content (AvgIpc) is 1.99. The second-order valence-electron chi connectivity index (χ2n) is 2.96. The Kier molecular flexibility index (Phi) is 5.70. The molecule has 62 valence electrons. The lowest BCUT2D eigenvalue weighted by atomic mass is 9.97. The topological polar surface area (TPSA) is 12.0 Å². The Hall–Kier alpha value is -0.0400. The van der Waals surface area contributed by atoms with E-state index >= 15 is 0 Å². The molecule has 0 aliphatic heterocycles. The van der Waals surface area contributed by atoms with Crippen LogP contribution < -0.4 is 5.32 Å². The fourth-order valence-electron chi connectivity index (χ4n) is 1.29. The third-order valence-corrected chi connectivity index (χ3v) is 2.24. The second-order valence-corrected chi connectivity index (χ2v) is 2.96. The van der Waals surface area contributed by atoms with Crippen LogP contribution in [-0.4, -0.2) is 12.6 Å². The van der Waals surface area contributed by atoms with Gasteiger partial charge in [-0.25, -0.2) is 0 Å². The molecule has 0 fully saturated rings. The van der Waals surface area contributed by atoms with E-state index < -0.39 is 0 Å².